The van der Waals surface area contributed by atoms with Crippen LogP contribution in [0.3, 0.4) is 0 Å². The maximum absolute atomic E-state index is 12.1. The van der Waals surface area contributed by atoms with Crippen molar-refractivity contribution in [3.8, 4) is 5.75 Å². The van der Waals surface area contributed by atoms with Crippen molar-refractivity contribution in [2.24, 2.45) is 5.92 Å². The fourth-order valence-electron chi connectivity index (χ4n) is 2.01. The summed E-state index contributed by atoms with van der Waals surface area (Å²) in [5.41, 5.74) is 1.28. The first-order valence-corrected chi connectivity index (χ1v) is 6.06. The molecule has 0 aliphatic heterocycles. The number of benzene rings is 1. The van der Waals surface area contributed by atoms with Crippen LogP contribution in [0, 0.1) is 5.92 Å². The van der Waals surface area contributed by atoms with E-state index in [4.69, 9.17) is 0 Å². The van der Waals surface area contributed by atoms with Crippen LogP contribution in [0.1, 0.15) is 19.5 Å². The van der Waals surface area contributed by atoms with Crippen molar-refractivity contribution in [1.82, 2.24) is 4.98 Å². The third kappa shape index (κ3) is 3.30. The molecule has 1 heterocycles. The van der Waals surface area contributed by atoms with Gasteiger partial charge in [0, 0.05) is 22.7 Å². The number of halogens is 2. The van der Waals surface area contributed by atoms with Gasteiger partial charge in [0.25, 0.3) is 0 Å². The zero-order valence-corrected chi connectivity index (χ0v) is 10.7. The zero-order chi connectivity index (χ0) is 14.0. The highest BCUT2D eigenvalue weighted by molar-refractivity contribution is 5.80. The Morgan fingerprint density at radius 2 is 2.00 bits per heavy atom. The average molecular weight is 267 g/mol. The van der Waals surface area contributed by atoms with Crippen LogP contribution in [0.5, 0.6) is 5.75 Å². The molecule has 1 aromatic carbocycles. The summed E-state index contributed by atoms with van der Waals surface area (Å²) in [6.07, 6.45) is 0.764. The summed E-state index contributed by atoms with van der Waals surface area (Å²) in [5.74, 6) is 0.416. The van der Waals surface area contributed by atoms with Gasteiger partial charge < -0.3 is 9.72 Å². The molecule has 1 N–H and O–H groups in total. The van der Waals surface area contributed by atoms with Crippen LogP contribution in [0.15, 0.2) is 29.1 Å². The molecule has 0 unspecified atom stereocenters. The third-order valence-electron chi connectivity index (χ3n) is 2.71. The Kier molecular flexibility index (Phi) is 3.83. The van der Waals surface area contributed by atoms with Crippen molar-refractivity contribution >= 4 is 10.9 Å². The number of nitrogens with one attached hydrogen (secondary N) is 1. The lowest BCUT2D eigenvalue weighted by atomic mass is 10.1. The van der Waals surface area contributed by atoms with Crippen molar-refractivity contribution in [2.75, 3.05) is 0 Å². The fourth-order valence-corrected chi connectivity index (χ4v) is 2.01. The Morgan fingerprint density at radius 1 is 1.26 bits per heavy atom. The van der Waals surface area contributed by atoms with Crippen molar-refractivity contribution in [1.29, 1.82) is 0 Å². The van der Waals surface area contributed by atoms with Gasteiger partial charge in [0.1, 0.15) is 5.75 Å². The number of fused-ring (bicyclic) bond motifs is 1. The minimum atomic E-state index is -2.89. The molecule has 0 aliphatic rings. The van der Waals surface area contributed by atoms with E-state index in [0.717, 1.165) is 12.1 Å². The van der Waals surface area contributed by atoms with Crippen LogP contribution < -0.4 is 10.2 Å². The third-order valence-corrected chi connectivity index (χ3v) is 2.71. The predicted octanol–water partition coefficient (Wildman–Crippen LogP) is 3.33. The summed E-state index contributed by atoms with van der Waals surface area (Å²) >= 11 is 0. The Labute approximate surface area is 109 Å². The Morgan fingerprint density at radius 3 is 2.63 bits per heavy atom. The lowest BCUT2D eigenvalue weighted by molar-refractivity contribution is -0.0497. The Balaban J connectivity index is 2.45. The SMILES string of the molecule is CC(C)Cc1cc(=O)c2cc(OC(F)F)ccc2[nH]1. The smallest absolute Gasteiger partial charge is 0.387 e. The molecule has 3 nitrogen and oxygen atoms in total. The van der Waals surface area contributed by atoms with E-state index < -0.39 is 6.61 Å². The number of alkyl halides is 2. The average Bonchev–Trinajstić information content (AvgIpc) is 2.28. The van der Waals surface area contributed by atoms with E-state index >= 15 is 0 Å². The molecule has 1 aromatic heterocycles. The lowest BCUT2D eigenvalue weighted by Crippen LogP contribution is -2.08. The van der Waals surface area contributed by atoms with Crippen LogP contribution in [0.2, 0.25) is 0 Å². The van der Waals surface area contributed by atoms with E-state index in [9.17, 15) is 13.6 Å². The number of aromatic nitrogens is 1. The predicted molar refractivity (Wildman–Crippen MR) is 69.7 cm³/mol. The molecule has 0 spiro atoms. The summed E-state index contributed by atoms with van der Waals surface area (Å²) in [6.45, 7) is 1.22. The van der Waals surface area contributed by atoms with Crippen LogP contribution in [-0.4, -0.2) is 11.6 Å². The molecular formula is C14H15F2NO2. The van der Waals surface area contributed by atoms with Gasteiger partial charge in [-0.3, -0.25) is 4.79 Å². The van der Waals surface area contributed by atoms with E-state index in [2.05, 4.69) is 23.6 Å². The van der Waals surface area contributed by atoms with E-state index in [0.29, 0.717) is 16.8 Å². The summed E-state index contributed by atoms with van der Waals surface area (Å²) in [4.78, 5) is 15.1. The number of aromatic amines is 1. The molecule has 0 bridgehead atoms. The minimum absolute atomic E-state index is 0.00962. The van der Waals surface area contributed by atoms with E-state index in [1.165, 1.54) is 18.2 Å². The van der Waals surface area contributed by atoms with Gasteiger partial charge in [0.05, 0.1) is 0 Å². The van der Waals surface area contributed by atoms with Gasteiger partial charge in [-0.05, 0) is 30.5 Å². The van der Waals surface area contributed by atoms with Crippen molar-refractivity contribution < 1.29 is 13.5 Å². The summed E-state index contributed by atoms with van der Waals surface area (Å²) in [7, 11) is 0. The summed E-state index contributed by atoms with van der Waals surface area (Å²) in [6, 6.07) is 5.84. The number of rotatable bonds is 4. The maximum Gasteiger partial charge on any atom is 0.387 e. The van der Waals surface area contributed by atoms with Gasteiger partial charge >= 0.3 is 6.61 Å². The van der Waals surface area contributed by atoms with Crippen LogP contribution in [0.25, 0.3) is 10.9 Å². The largest absolute Gasteiger partial charge is 0.435 e. The summed E-state index contributed by atoms with van der Waals surface area (Å²) in [5, 5.41) is 0.352. The van der Waals surface area contributed by atoms with Gasteiger partial charge in [0.2, 0.25) is 0 Å². The monoisotopic (exact) mass is 267 g/mol. The topological polar surface area (TPSA) is 42.1 Å². The molecule has 5 heteroatoms. The Hall–Kier alpha value is -1.91. The van der Waals surface area contributed by atoms with Gasteiger partial charge in [-0.15, -0.1) is 0 Å². The minimum Gasteiger partial charge on any atom is -0.435 e. The van der Waals surface area contributed by atoms with Crippen molar-refractivity contribution in [3.63, 3.8) is 0 Å². The first-order chi connectivity index (χ1) is 8.95. The Bertz CT molecular complexity index is 635. The van der Waals surface area contributed by atoms with Gasteiger partial charge in [-0.2, -0.15) is 8.78 Å². The van der Waals surface area contributed by atoms with Crippen molar-refractivity contribution in [2.45, 2.75) is 26.9 Å². The van der Waals surface area contributed by atoms with Crippen LogP contribution >= 0.6 is 0 Å². The van der Waals surface area contributed by atoms with E-state index in [1.807, 2.05) is 0 Å². The number of pyridine rings is 1. The van der Waals surface area contributed by atoms with Gasteiger partial charge in [-0.1, -0.05) is 13.8 Å². The standard InChI is InChI=1S/C14H15F2NO2/c1-8(2)5-9-6-13(18)11-7-10(19-14(15)16)3-4-12(11)17-9/h3-4,6-8,14H,5H2,1-2H3,(H,17,18). The molecule has 0 amide bonds. The summed E-state index contributed by atoms with van der Waals surface area (Å²) < 4.78 is 28.5. The fraction of sp³-hybridized carbons (Fsp3) is 0.357. The second-order valence-corrected chi connectivity index (χ2v) is 4.84. The second-order valence-electron chi connectivity index (χ2n) is 4.84. The quantitative estimate of drug-likeness (QED) is 0.923. The number of hydrogen-bond donors (Lipinski definition) is 1. The molecule has 0 atom stereocenters. The lowest BCUT2D eigenvalue weighted by Gasteiger charge is -2.08. The molecule has 2 rings (SSSR count). The molecule has 0 radical (unpaired) electrons. The number of H-pyrrole nitrogens is 1. The number of ether oxygens (including phenoxy) is 1. The highest BCUT2D eigenvalue weighted by Crippen LogP contribution is 2.19. The zero-order valence-electron chi connectivity index (χ0n) is 10.7. The normalized spacial score (nSPS) is 11.5. The van der Waals surface area contributed by atoms with E-state index in [-0.39, 0.29) is 11.2 Å². The van der Waals surface area contributed by atoms with E-state index in [1.54, 1.807) is 6.07 Å². The first kappa shape index (κ1) is 13.5. The molecule has 19 heavy (non-hydrogen) atoms. The molecule has 102 valence electrons. The first-order valence-electron chi connectivity index (χ1n) is 6.06. The van der Waals surface area contributed by atoms with Gasteiger partial charge in [0.15, 0.2) is 5.43 Å². The van der Waals surface area contributed by atoms with Crippen LogP contribution in [-0.2, 0) is 6.42 Å². The van der Waals surface area contributed by atoms with Crippen LogP contribution in [0.4, 0.5) is 8.78 Å². The highest BCUT2D eigenvalue weighted by atomic mass is 19.3. The maximum atomic E-state index is 12.1. The molecule has 0 fully saturated rings. The molecular weight excluding hydrogens is 252 g/mol. The molecule has 0 aliphatic carbocycles. The highest BCUT2D eigenvalue weighted by Gasteiger charge is 2.08. The number of hydrogen-bond acceptors (Lipinski definition) is 2. The van der Waals surface area contributed by atoms with Crippen molar-refractivity contribution in [3.05, 3.63) is 40.2 Å². The molecule has 0 saturated heterocycles. The molecule has 2 aromatic rings. The van der Waals surface area contributed by atoms with Gasteiger partial charge in [-0.25, -0.2) is 0 Å². The second kappa shape index (κ2) is 5.38. The molecule has 0 saturated carbocycles.